The number of hydrogen-bond donors (Lipinski definition) is 1. The van der Waals surface area contributed by atoms with Gasteiger partial charge in [-0.2, -0.15) is 0 Å². The van der Waals surface area contributed by atoms with E-state index in [0.717, 1.165) is 16.9 Å². The van der Waals surface area contributed by atoms with Crippen LogP contribution in [0.3, 0.4) is 0 Å². The maximum absolute atomic E-state index is 9.93. The Bertz CT molecular complexity index is 479. The van der Waals surface area contributed by atoms with Crippen LogP contribution in [0, 0.1) is 6.92 Å². The van der Waals surface area contributed by atoms with Gasteiger partial charge in [0.2, 0.25) is 0 Å². The molecule has 0 fully saturated rings. The van der Waals surface area contributed by atoms with Gasteiger partial charge in [-0.15, -0.1) is 0 Å². The molecule has 2 nitrogen and oxygen atoms in total. The maximum Gasteiger partial charge on any atom is 0.122 e. The van der Waals surface area contributed by atoms with Gasteiger partial charge in [-0.1, -0.05) is 48.5 Å². The second-order valence-corrected chi connectivity index (χ2v) is 4.42. The van der Waals surface area contributed by atoms with Gasteiger partial charge in [0.25, 0.3) is 0 Å². The van der Waals surface area contributed by atoms with Gasteiger partial charge in [-0.25, -0.2) is 0 Å². The van der Waals surface area contributed by atoms with Gasteiger partial charge < -0.3 is 9.84 Å². The van der Waals surface area contributed by atoms with Crippen molar-refractivity contribution in [2.24, 2.45) is 0 Å². The summed E-state index contributed by atoms with van der Waals surface area (Å²) in [6.45, 7) is 2.32. The number of aryl methyl sites for hydroxylation is 1. The van der Waals surface area contributed by atoms with Crippen LogP contribution in [-0.2, 0) is 6.42 Å². The molecule has 1 atom stereocenters. The third kappa shape index (κ3) is 3.60. The number of aliphatic hydroxyl groups excluding tert-OH is 1. The molecule has 0 saturated carbocycles. The Balaban J connectivity index is 1.86. The van der Waals surface area contributed by atoms with Crippen LogP contribution in [0.25, 0.3) is 0 Å². The number of rotatable bonds is 5. The van der Waals surface area contributed by atoms with E-state index in [4.69, 9.17) is 4.74 Å². The zero-order valence-electron chi connectivity index (χ0n) is 10.5. The molecule has 1 N–H and O–H groups in total. The SMILES string of the molecule is Cc1ccccc1OCC(O)Cc1ccccc1. The first-order valence-corrected chi connectivity index (χ1v) is 6.16. The maximum atomic E-state index is 9.93. The van der Waals surface area contributed by atoms with Gasteiger partial charge in [0.05, 0.1) is 6.10 Å². The van der Waals surface area contributed by atoms with Gasteiger partial charge in [0.15, 0.2) is 0 Å². The van der Waals surface area contributed by atoms with Crippen LogP contribution >= 0.6 is 0 Å². The largest absolute Gasteiger partial charge is 0.491 e. The van der Waals surface area contributed by atoms with E-state index >= 15 is 0 Å². The van der Waals surface area contributed by atoms with E-state index in [1.807, 2.05) is 61.5 Å². The van der Waals surface area contributed by atoms with Gasteiger partial charge in [-0.05, 0) is 24.1 Å². The summed E-state index contributed by atoms with van der Waals surface area (Å²) in [5, 5.41) is 9.93. The van der Waals surface area contributed by atoms with E-state index in [1.54, 1.807) is 0 Å². The molecule has 0 aromatic heterocycles. The molecular formula is C16H18O2. The molecule has 0 saturated heterocycles. The molecule has 94 valence electrons. The predicted molar refractivity (Wildman–Crippen MR) is 72.8 cm³/mol. The smallest absolute Gasteiger partial charge is 0.122 e. The van der Waals surface area contributed by atoms with Crippen molar-refractivity contribution in [2.45, 2.75) is 19.4 Å². The van der Waals surface area contributed by atoms with Crippen molar-refractivity contribution < 1.29 is 9.84 Å². The molecule has 0 aliphatic carbocycles. The average Bonchev–Trinajstić information content (AvgIpc) is 2.39. The van der Waals surface area contributed by atoms with Crippen LogP contribution in [-0.4, -0.2) is 17.8 Å². The van der Waals surface area contributed by atoms with Crippen molar-refractivity contribution in [1.29, 1.82) is 0 Å². The molecule has 1 unspecified atom stereocenters. The summed E-state index contributed by atoms with van der Waals surface area (Å²) >= 11 is 0. The molecule has 0 spiro atoms. The van der Waals surface area contributed by atoms with Crippen molar-refractivity contribution in [3.8, 4) is 5.75 Å². The van der Waals surface area contributed by atoms with Crippen molar-refractivity contribution in [3.05, 3.63) is 65.7 Å². The monoisotopic (exact) mass is 242 g/mol. The van der Waals surface area contributed by atoms with Crippen molar-refractivity contribution in [3.63, 3.8) is 0 Å². The summed E-state index contributed by atoms with van der Waals surface area (Å²) in [7, 11) is 0. The summed E-state index contributed by atoms with van der Waals surface area (Å²) < 4.78 is 5.62. The molecular weight excluding hydrogens is 224 g/mol. The predicted octanol–water partition coefficient (Wildman–Crippen LogP) is 2.98. The first-order chi connectivity index (χ1) is 8.75. The minimum Gasteiger partial charge on any atom is -0.491 e. The Hall–Kier alpha value is -1.80. The lowest BCUT2D eigenvalue weighted by Gasteiger charge is -2.13. The first-order valence-electron chi connectivity index (χ1n) is 6.16. The number of aliphatic hydroxyl groups is 1. The fraction of sp³-hybridized carbons (Fsp3) is 0.250. The number of benzene rings is 2. The molecule has 2 aromatic carbocycles. The fourth-order valence-corrected chi connectivity index (χ4v) is 1.85. The molecule has 2 heteroatoms. The van der Waals surface area contributed by atoms with Gasteiger partial charge >= 0.3 is 0 Å². The summed E-state index contributed by atoms with van der Waals surface area (Å²) in [5.74, 6) is 0.838. The van der Waals surface area contributed by atoms with Gasteiger partial charge in [0.1, 0.15) is 12.4 Å². The van der Waals surface area contributed by atoms with Crippen LogP contribution in [0.5, 0.6) is 5.75 Å². The molecule has 18 heavy (non-hydrogen) atoms. The van der Waals surface area contributed by atoms with Crippen LogP contribution in [0.4, 0.5) is 0 Å². The third-order valence-corrected chi connectivity index (χ3v) is 2.84. The number of hydrogen-bond acceptors (Lipinski definition) is 2. The molecule has 0 aliphatic rings. The highest BCUT2D eigenvalue weighted by Gasteiger charge is 2.07. The second kappa shape index (κ2) is 6.22. The van der Waals surface area contributed by atoms with E-state index in [-0.39, 0.29) is 0 Å². The van der Waals surface area contributed by atoms with Crippen LogP contribution in [0.15, 0.2) is 54.6 Å². The fourth-order valence-electron chi connectivity index (χ4n) is 1.85. The molecule has 0 aliphatic heterocycles. The minimum absolute atomic E-state index is 0.319. The highest BCUT2D eigenvalue weighted by atomic mass is 16.5. The van der Waals surface area contributed by atoms with Crippen LogP contribution < -0.4 is 4.74 Å². The zero-order chi connectivity index (χ0) is 12.8. The Labute approximate surface area is 108 Å². The molecule has 0 amide bonds. The van der Waals surface area contributed by atoms with Crippen molar-refractivity contribution in [1.82, 2.24) is 0 Å². The van der Waals surface area contributed by atoms with Gasteiger partial charge in [0, 0.05) is 6.42 Å². The standard InChI is InChI=1S/C16H18O2/c1-13-7-5-6-10-16(13)18-12-15(17)11-14-8-3-2-4-9-14/h2-10,15,17H,11-12H2,1H3. The topological polar surface area (TPSA) is 29.5 Å². The lowest BCUT2D eigenvalue weighted by atomic mass is 10.1. The molecule has 0 radical (unpaired) electrons. The van der Waals surface area contributed by atoms with E-state index in [9.17, 15) is 5.11 Å². The quantitative estimate of drug-likeness (QED) is 0.873. The first kappa shape index (κ1) is 12.7. The third-order valence-electron chi connectivity index (χ3n) is 2.84. The Morgan fingerprint density at radius 1 is 1.00 bits per heavy atom. The lowest BCUT2D eigenvalue weighted by molar-refractivity contribution is 0.107. The van der Waals surface area contributed by atoms with Crippen molar-refractivity contribution in [2.75, 3.05) is 6.61 Å². The normalized spacial score (nSPS) is 12.1. The molecule has 2 aromatic rings. The summed E-state index contributed by atoms with van der Waals surface area (Å²) in [6.07, 6.45) is 0.138. The summed E-state index contributed by atoms with van der Waals surface area (Å²) in [5.41, 5.74) is 2.21. The molecule has 2 rings (SSSR count). The van der Waals surface area contributed by atoms with E-state index in [1.165, 1.54) is 0 Å². The average molecular weight is 242 g/mol. The van der Waals surface area contributed by atoms with E-state index < -0.39 is 6.10 Å². The zero-order valence-corrected chi connectivity index (χ0v) is 10.5. The lowest BCUT2D eigenvalue weighted by Crippen LogP contribution is -2.20. The highest BCUT2D eigenvalue weighted by molar-refractivity contribution is 5.31. The van der Waals surface area contributed by atoms with E-state index in [2.05, 4.69) is 0 Å². The Morgan fingerprint density at radius 3 is 2.39 bits per heavy atom. The molecule has 0 heterocycles. The van der Waals surface area contributed by atoms with Crippen LogP contribution in [0.1, 0.15) is 11.1 Å². The number of para-hydroxylation sites is 1. The van der Waals surface area contributed by atoms with Gasteiger partial charge in [-0.3, -0.25) is 0 Å². The highest BCUT2D eigenvalue weighted by Crippen LogP contribution is 2.16. The number of ether oxygens (including phenoxy) is 1. The van der Waals surface area contributed by atoms with Crippen LogP contribution in [0.2, 0.25) is 0 Å². The Morgan fingerprint density at radius 2 is 1.67 bits per heavy atom. The summed E-state index contributed by atoms with van der Waals surface area (Å²) in [4.78, 5) is 0. The summed E-state index contributed by atoms with van der Waals surface area (Å²) in [6, 6.07) is 17.8. The molecule has 0 bridgehead atoms. The van der Waals surface area contributed by atoms with Crippen molar-refractivity contribution >= 4 is 0 Å². The Kier molecular flexibility index (Phi) is 4.37. The second-order valence-electron chi connectivity index (χ2n) is 4.42. The minimum atomic E-state index is -0.480. The van der Waals surface area contributed by atoms with E-state index in [0.29, 0.717) is 13.0 Å².